The summed E-state index contributed by atoms with van der Waals surface area (Å²) in [4.78, 5) is 11.9. The van der Waals surface area contributed by atoms with Crippen molar-refractivity contribution in [3.05, 3.63) is 64.7 Å². The molecule has 0 bridgehead atoms. The lowest BCUT2D eigenvalue weighted by Gasteiger charge is -2.06. The fourth-order valence-electron chi connectivity index (χ4n) is 1.74. The zero-order chi connectivity index (χ0) is 15.1. The number of nitrogens with zero attached hydrogens (tertiary/aromatic N) is 1. The molecule has 4 nitrogen and oxygen atoms in total. The second-order valence-electron chi connectivity index (χ2n) is 4.15. The summed E-state index contributed by atoms with van der Waals surface area (Å²) in [6.07, 6.45) is 1.54. The standard InChI is InChI=1S/C16H15ClN2O2/c1-2-21-15-10-6-3-7-12(15)11-18-19-16(20)13-8-4-5-9-14(13)17/h3-11H,2H2,1H3,(H,19,20). The van der Waals surface area contributed by atoms with Crippen LogP contribution in [-0.2, 0) is 0 Å². The molecule has 0 unspecified atom stereocenters. The molecule has 5 heteroatoms. The second kappa shape index (κ2) is 7.45. The Labute approximate surface area is 128 Å². The molecule has 0 radical (unpaired) electrons. The van der Waals surface area contributed by atoms with Gasteiger partial charge in [-0.15, -0.1) is 0 Å². The second-order valence-corrected chi connectivity index (χ2v) is 4.56. The number of hydrazone groups is 1. The first kappa shape index (κ1) is 15.1. The molecule has 0 saturated heterocycles. The third kappa shape index (κ3) is 4.07. The number of nitrogens with one attached hydrogen (secondary N) is 1. The van der Waals surface area contributed by atoms with Crippen molar-refractivity contribution >= 4 is 23.7 Å². The molecule has 2 aromatic carbocycles. The van der Waals surface area contributed by atoms with Crippen molar-refractivity contribution in [1.82, 2.24) is 5.43 Å². The Kier molecular flexibility index (Phi) is 5.35. The summed E-state index contributed by atoms with van der Waals surface area (Å²) >= 11 is 5.95. The first-order valence-electron chi connectivity index (χ1n) is 6.52. The highest BCUT2D eigenvalue weighted by Gasteiger charge is 2.08. The highest BCUT2D eigenvalue weighted by Crippen LogP contribution is 2.16. The van der Waals surface area contributed by atoms with Crippen LogP contribution in [0.4, 0.5) is 0 Å². The van der Waals surface area contributed by atoms with Crippen molar-refractivity contribution in [2.75, 3.05) is 6.61 Å². The van der Waals surface area contributed by atoms with Crippen molar-refractivity contribution in [2.45, 2.75) is 6.92 Å². The van der Waals surface area contributed by atoms with E-state index in [0.717, 1.165) is 11.3 Å². The van der Waals surface area contributed by atoms with E-state index in [0.29, 0.717) is 17.2 Å². The molecule has 0 saturated carbocycles. The normalized spacial score (nSPS) is 10.6. The Bertz CT molecular complexity index is 656. The molecule has 2 aromatic rings. The van der Waals surface area contributed by atoms with Gasteiger partial charge in [-0.25, -0.2) is 5.43 Å². The lowest BCUT2D eigenvalue weighted by Crippen LogP contribution is -2.18. The van der Waals surface area contributed by atoms with Gasteiger partial charge in [-0.1, -0.05) is 35.9 Å². The smallest absolute Gasteiger partial charge is 0.272 e. The van der Waals surface area contributed by atoms with Crippen LogP contribution < -0.4 is 10.2 Å². The number of carbonyl (C=O) groups excluding carboxylic acids is 1. The monoisotopic (exact) mass is 302 g/mol. The van der Waals surface area contributed by atoms with Gasteiger partial charge in [-0.3, -0.25) is 4.79 Å². The Hall–Kier alpha value is -2.33. The maximum Gasteiger partial charge on any atom is 0.272 e. The molecule has 0 atom stereocenters. The van der Waals surface area contributed by atoms with Gasteiger partial charge < -0.3 is 4.74 Å². The number of halogens is 1. The quantitative estimate of drug-likeness (QED) is 0.679. The van der Waals surface area contributed by atoms with Gasteiger partial charge in [0.1, 0.15) is 5.75 Å². The van der Waals surface area contributed by atoms with Gasteiger partial charge in [0.15, 0.2) is 0 Å². The third-order valence-corrected chi connectivity index (χ3v) is 3.04. The minimum atomic E-state index is -0.356. The van der Waals surface area contributed by atoms with Gasteiger partial charge in [0, 0.05) is 5.56 Å². The molecule has 108 valence electrons. The van der Waals surface area contributed by atoms with Crippen molar-refractivity contribution in [3.63, 3.8) is 0 Å². The van der Waals surface area contributed by atoms with Crippen LogP contribution in [0.3, 0.4) is 0 Å². The first-order chi connectivity index (χ1) is 10.2. The summed E-state index contributed by atoms with van der Waals surface area (Å²) < 4.78 is 5.47. The van der Waals surface area contributed by atoms with Crippen molar-refractivity contribution in [3.8, 4) is 5.75 Å². The van der Waals surface area contributed by atoms with Gasteiger partial charge in [0.05, 0.1) is 23.4 Å². The predicted molar refractivity (Wildman–Crippen MR) is 84.1 cm³/mol. The van der Waals surface area contributed by atoms with E-state index < -0.39 is 0 Å². The Balaban J connectivity index is 2.06. The predicted octanol–water partition coefficient (Wildman–Crippen LogP) is 3.50. The number of para-hydroxylation sites is 1. The fourth-order valence-corrected chi connectivity index (χ4v) is 1.96. The van der Waals surface area contributed by atoms with Gasteiger partial charge in [0.2, 0.25) is 0 Å². The van der Waals surface area contributed by atoms with Gasteiger partial charge >= 0.3 is 0 Å². The largest absolute Gasteiger partial charge is 0.493 e. The summed E-state index contributed by atoms with van der Waals surface area (Å²) in [5, 5.41) is 4.33. The lowest BCUT2D eigenvalue weighted by atomic mass is 10.2. The van der Waals surface area contributed by atoms with Crippen molar-refractivity contribution in [1.29, 1.82) is 0 Å². The van der Waals surface area contributed by atoms with E-state index in [9.17, 15) is 4.79 Å². The number of benzene rings is 2. The molecule has 0 aromatic heterocycles. The minimum absolute atomic E-state index is 0.356. The summed E-state index contributed by atoms with van der Waals surface area (Å²) in [7, 11) is 0. The molecular formula is C16H15ClN2O2. The lowest BCUT2D eigenvalue weighted by molar-refractivity contribution is 0.0955. The molecule has 0 aliphatic carbocycles. The van der Waals surface area contributed by atoms with Gasteiger partial charge in [-0.2, -0.15) is 5.10 Å². The third-order valence-electron chi connectivity index (χ3n) is 2.71. The Morgan fingerprint density at radius 1 is 1.24 bits per heavy atom. The fraction of sp³-hybridized carbons (Fsp3) is 0.125. The van der Waals surface area contributed by atoms with E-state index >= 15 is 0 Å². The molecule has 0 aliphatic heterocycles. The maximum absolute atomic E-state index is 11.9. The molecule has 21 heavy (non-hydrogen) atoms. The summed E-state index contributed by atoms with van der Waals surface area (Å²) in [5.41, 5.74) is 3.62. The van der Waals surface area contributed by atoms with Crippen LogP contribution in [0, 0.1) is 0 Å². The molecule has 1 amide bonds. The zero-order valence-electron chi connectivity index (χ0n) is 11.5. The highest BCUT2D eigenvalue weighted by molar-refractivity contribution is 6.33. The molecule has 0 aliphatic rings. The molecular weight excluding hydrogens is 288 g/mol. The number of hydrogen-bond acceptors (Lipinski definition) is 3. The zero-order valence-corrected chi connectivity index (χ0v) is 12.3. The van der Waals surface area contributed by atoms with Crippen LogP contribution in [0.15, 0.2) is 53.6 Å². The number of hydrogen-bond donors (Lipinski definition) is 1. The van der Waals surface area contributed by atoms with Gasteiger partial charge in [0.25, 0.3) is 5.91 Å². The minimum Gasteiger partial charge on any atom is -0.493 e. The molecule has 2 rings (SSSR count). The Morgan fingerprint density at radius 2 is 1.95 bits per heavy atom. The Morgan fingerprint density at radius 3 is 2.71 bits per heavy atom. The SMILES string of the molecule is CCOc1ccccc1C=NNC(=O)c1ccccc1Cl. The molecule has 0 heterocycles. The number of carbonyl (C=O) groups is 1. The number of amides is 1. The van der Waals surface area contributed by atoms with E-state index in [1.54, 1.807) is 30.5 Å². The van der Waals surface area contributed by atoms with Crippen LogP contribution in [0.25, 0.3) is 0 Å². The van der Waals surface area contributed by atoms with Crippen molar-refractivity contribution in [2.24, 2.45) is 5.10 Å². The van der Waals surface area contributed by atoms with Crippen LogP contribution in [0.1, 0.15) is 22.8 Å². The van der Waals surface area contributed by atoms with E-state index in [-0.39, 0.29) is 5.91 Å². The van der Waals surface area contributed by atoms with Crippen molar-refractivity contribution < 1.29 is 9.53 Å². The van der Waals surface area contributed by atoms with Crippen LogP contribution in [0.2, 0.25) is 5.02 Å². The van der Waals surface area contributed by atoms with E-state index in [1.807, 2.05) is 31.2 Å². The summed E-state index contributed by atoms with van der Waals surface area (Å²) in [5.74, 6) is 0.362. The summed E-state index contributed by atoms with van der Waals surface area (Å²) in [6.45, 7) is 2.48. The van der Waals surface area contributed by atoms with Crippen LogP contribution in [0.5, 0.6) is 5.75 Å². The first-order valence-corrected chi connectivity index (χ1v) is 6.90. The van der Waals surface area contributed by atoms with E-state index in [4.69, 9.17) is 16.3 Å². The number of rotatable bonds is 5. The maximum atomic E-state index is 11.9. The van der Waals surface area contributed by atoms with E-state index in [1.165, 1.54) is 0 Å². The highest BCUT2D eigenvalue weighted by atomic mass is 35.5. The van der Waals surface area contributed by atoms with Gasteiger partial charge in [-0.05, 0) is 31.2 Å². The topological polar surface area (TPSA) is 50.7 Å². The van der Waals surface area contributed by atoms with E-state index in [2.05, 4.69) is 10.5 Å². The summed E-state index contributed by atoms with van der Waals surface area (Å²) in [6, 6.07) is 14.3. The average molecular weight is 303 g/mol. The molecule has 0 fully saturated rings. The van der Waals surface area contributed by atoms with Crippen LogP contribution >= 0.6 is 11.6 Å². The number of ether oxygens (including phenoxy) is 1. The molecule has 0 spiro atoms. The average Bonchev–Trinajstić information content (AvgIpc) is 2.49. The van der Waals surface area contributed by atoms with Crippen LogP contribution in [-0.4, -0.2) is 18.7 Å². The molecule has 1 N–H and O–H groups in total.